The molecule has 28 heavy (non-hydrogen) atoms. The lowest BCUT2D eigenvalue weighted by molar-refractivity contribution is -0.154. The first-order valence-electron chi connectivity index (χ1n) is 8.25. The monoisotopic (exact) mass is 403 g/mol. The first kappa shape index (κ1) is 21.6. The molecular formula is C18H18F5N3O2. The highest BCUT2D eigenvalue weighted by Gasteiger charge is 2.34. The van der Waals surface area contributed by atoms with Crippen molar-refractivity contribution < 1.29 is 31.5 Å². The van der Waals surface area contributed by atoms with Crippen molar-refractivity contribution >= 4 is 5.97 Å². The fourth-order valence-corrected chi connectivity index (χ4v) is 2.33. The lowest BCUT2D eigenvalue weighted by Crippen LogP contribution is -2.24. The Balaban J connectivity index is 2.26. The third-order valence-corrected chi connectivity index (χ3v) is 3.47. The van der Waals surface area contributed by atoms with Gasteiger partial charge < -0.3 is 4.74 Å². The molecule has 0 fully saturated rings. The topological polar surface area (TPSA) is 65.0 Å². The van der Waals surface area contributed by atoms with Crippen LogP contribution in [0.15, 0.2) is 24.7 Å². The van der Waals surface area contributed by atoms with E-state index in [9.17, 15) is 26.7 Å². The number of ether oxygens (including phenoxy) is 1. The van der Waals surface area contributed by atoms with Crippen LogP contribution in [0, 0.1) is 0 Å². The van der Waals surface area contributed by atoms with E-state index >= 15 is 0 Å². The molecule has 0 saturated heterocycles. The van der Waals surface area contributed by atoms with Gasteiger partial charge in [0.1, 0.15) is 11.3 Å². The van der Waals surface area contributed by atoms with Gasteiger partial charge in [-0.1, -0.05) is 0 Å². The van der Waals surface area contributed by atoms with Crippen molar-refractivity contribution in [3.05, 3.63) is 41.7 Å². The van der Waals surface area contributed by atoms with Crippen LogP contribution in [0.5, 0.6) is 0 Å². The molecular weight excluding hydrogens is 385 g/mol. The molecule has 10 heteroatoms. The smallest absolute Gasteiger partial charge is 0.451 e. The van der Waals surface area contributed by atoms with E-state index in [4.69, 9.17) is 4.74 Å². The Morgan fingerprint density at radius 2 is 1.61 bits per heavy atom. The number of carbonyl (C=O) groups is 1. The molecule has 0 saturated carbocycles. The average molecular weight is 403 g/mol. The van der Waals surface area contributed by atoms with Crippen LogP contribution in [0.25, 0.3) is 11.1 Å². The number of hydrogen-bond donors (Lipinski definition) is 0. The second-order valence-corrected chi connectivity index (χ2v) is 6.95. The maximum atomic E-state index is 13.2. The largest absolute Gasteiger partial charge is 0.460 e. The van der Waals surface area contributed by atoms with Crippen LogP contribution >= 0.6 is 0 Å². The molecule has 2 aromatic heterocycles. The highest BCUT2D eigenvalue weighted by molar-refractivity contribution is 5.70. The number of aryl methyl sites for hydroxylation is 1. The third kappa shape index (κ3) is 5.93. The maximum Gasteiger partial charge on any atom is 0.451 e. The molecule has 0 unspecified atom stereocenters. The van der Waals surface area contributed by atoms with E-state index in [-0.39, 0.29) is 29.5 Å². The molecule has 0 N–H and O–H groups in total. The van der Waals surface area contributed by atoms with Gasteiger partial charge in [0.2, 0.25) is 5.82 Å². The zero-order valence-corrected chi connectivity index (χ0v) is 15.3. The van der Waals surface area contributed by atoms with Crippen LogP contribution < -0.4 is 0 Å². The standard InChI is InChI=1S/C18H18F5N3O2/c1-17(2,3)28-13(27)5-4-10-6-11(7-24-14(10)15(19)20)12-8-25-16(26-9-12)18(21,22)23/h6-9,15H,4-5H2,1-3H3. The summed E-state index contributed by atoms with van der Waals surface area (Å²) in [6, 6.07) is 1.34. The van der Waals surface area contributed by atoms with Crippen LogP contribution in [0.4, 0.5) is 22.0 Å². The molecule has 152 valence electrons. The molecule has 2 heterocycles. The van der Waals surface area contributed by atoms with Crippen LogP contribution in [-0.4, -0.2) is 26.5 Å². The zero-order valence-electron chi connectivity index (χ0n) is 15.3. The molecule has 2 aromatic rings. The molecule has 0 atom stereocenters. The predicted octanol–water partition coefficient (Wildman–Crippen LogP) is 4.77. The number of aromatic nitrogens is 3. The van der Waals surface area contributed by atoms with E-state index in [1.54, 1.807) is 20.8 Å². The fourth-order valence-electron chi connectivity index (χ4n) is 2.33. The van der Waals surface area contributed by atoms with Crippen molar-refractivity contribution in [2.45, 2.75) is 51.8 Å². The minimum absolute atomic E-state index is 0.0586. The van der Waals surface area contributed by atoms with Crippen molar-refractivity contribution in [3.8, 4) is 11.1 Å². The molecule has 0 aromatic carbocycles. The van der Waals surface area contributed by atoms with Crippen molar-refractivity contribution in [2.75, 3.05) is 0 Å². The van der Waals surface area contributed by atoms with Gasteiger partial charge in [-0.25, -0.2) is 18.7 Å². The summed E-state index contributed by atoms with van der Waals surface area (Å²) in [5.74, 6) is -1.87. The summed E-state index contributed by atoms with van der Waals surface area (Å²) in [5, 5.41) is 0. The SMILES string of the molecule is CC(C)(C)OC(=O)CCc1cc(-c2cnc(C(F)(F)F)nc2)cnc1C(F)F. The van der Waals surface area contributed by atoms with Crippen molar-refractivity contribution in [1.82, 2.24) is 15.0 Å². The Morgan fingerprint density at radius 1 is 1.04 bits per heavy atom. The Hall–Kier alpha value is -2.65. The summed E-state index contributed by atoms with van der Waals surface area (Å²) in [6.07, 6.45) is -4.78. The van der Waals surface area contributed by atoms with E-state index in [1.165, 1.54) is 6.07 Å². The maximum absolute atomic E-state index is 13.2. The number of alkyl halides is 5. The van der Waals surface area contributed by atoms with Gasteiger partial charge in [-0.3, -0.25) is 9.78 Å². The van der Waals surface area contributed by atoms with Crippen LogP contribution in [0.2, 0.25) is 0 Å². The highest BCUT2D eigenvalue weighted by Crippen LogP contribution is 2.29. The van der Waals surface area contributed by atoms with Gasteiger partial charge in [0.25, 0.3) is 6.43 Å². The first-order chi connectivity index (χ1) is 12.9. The van der Waals surface area contributed by atoms with Gasteiger partial charge in [0.15, 0.2) is 0 Å². The average Bonchev–Trinajstić information content (AvgIpc) is 2.57. The molecule has 2 rings (SSSR count). The van der Waals surface area contributed by atoms with E-state index in [1.807, 2.05) is 0 Å². The van der Waals surface area contributed by atoms with E-state index in [0.717, 1.165) is 18.6 Å². The summed E-state index contributed by atoms with van der Waals surface area (Å²) < 4.78 is 69.2. The number of esters is 1. The van der Waals surface area contributed by atoms with Crippen LogP contribution in [0.3, 0.4) is 0 Å². The van der Waals surface area contributed by atoms with E-state index in [0.29, 0.717) is 0 Å². The molecule has 0 aliphatic heterocycles. The van der Waals surface area contributed by atoms with Crippen LogP contribution in [-0.2, 0) is 22.1 Å². The van der Waals surface area contributed by atoms with E-state index < -0.39 is 35.7 Å². The predicted molar refractivity (Wildman–Crippen MR) is 89.4 cm³/mol. The quantitative estimate of drug-likeness (QED) is 0.532. The summed E-state index contributed by atoms with van der Waals surface area (Å²) in [4.78, 5) is 22.0. The normalized spacial score (nSPS) is 12.3. The second kappa shape index (κ2) is 8.15. The molecule has 0 spiro atoms. The summed E-state index contributed by atoms with van der Waals surface area (Å²) in [7, 11) is 0. The Labute approximate surface area is 158 Å². The Bertz CT molecular complexity index is 831. The molecule has 0 aliphatic carbocycles. The van der Waals surface area contributed by atoms with Crippen LogP contribution in [0.1, 0.15) is 50.7 Å². The van der Waals surface area contributed by atoms with Crippen molar-refractivity contribution in [2.24, 2.45) is 0 Å². The number of hydrogen-bond acceptors (Lipinski definition) is 5. The fraction of sp³-hybridized carbons (Fsp3) is 0.444. The van der Waals surface area contributed by atoms with Gasteiger partial charge in [-0.15, -0.1) is 0 Å². The molecule has 0 aliphatic rings. The lowest BCUT2D eigenvalue weighted by atomic mass is 10.0. The van der Waals surface area contributed by atoms with Gasteiger partial charge in [-0.2, -0.15) is 13.2 Å². The number of nitrogens with zero attached hydrogens (tertiary/aromatic N) is 3. The Morgan fingerprint density at radius 3 is 2.11 bits per heavy atom. The van der Waals surface area contributed by atoms with Gasteiger partial charge in [-0.05, 0) is 38.8 Å². The van der Waals surface area contributed by atoms with Gasteiger partial charge >= 0.3 is 12.1 Å². The van der Waals surface area contributed by atoms with Crippen molar-refractivity contribution in [3.63, 3.8) is 0 Å². The summed E-state index contributed by atoms with van der Waals surface area (Å²) in [5.41, 5.74) is -0.671. The van der Waals surface area contributed by atoms with Gasteiger partial charge in [0.05, 0.1) is 0 Å². The van der Waals surface area contributed by atoms with E-state index in [2.05, 4.69) is 15.0 Å². The highest BCUT2D eigenvalue weighted by atomic mass is 19.4. The third-order valence-electron chi connectivity index (χ3n) is 3.47. The minimum Gasteiger partial charge on any atom is -0.460 e. The molecule has 0 amide bonds. The number of carbonyl (C=O) groups excluding carboxylic acids is 1. The first-order valence-corrected chi connectivity index (χ1v) is 8.25. The molecule has 0 radical (unpaired) electrons. The lowest BCUT2D eigenvalue weighted by Gasteiger charge is -2.19. The van der Waals surface area contributed by atoms with Gasteiger partial charge in [0, 0.05) is 36.1 Å². The molecule has 0 bridgehead atoms. The Kier molecular flexibility index (Phi) is 6.30. The number of halogens is 5. The number of pyridine rings is 1. The number of rotatable bonds is 5. The van der Waals surface area contributed by atoms with Crippen molar-refractivity contribution in [1.29, 1.82) is 0 Å². The zero-order chi connectivity index (χ0) is 21.1. The summed E-state index contributed by atoms with van der Waals surface area (Å²) >= 11 is 0. The second-order valence-electron chi connectivity index (χ2n) is 6.95. The summed E-state index contributed by atoms with van der Waals surface area (Å²) in [6.45, 7) is 5.05. The molecule has 5 nitrogen and oxygen atoms in total. The minimum atomic E-state index is -4.69.